The first-order valence-corrected chi connectivity index (χ1v) is 7.99. The molecule has 0 aliphatic heterocycles. The number of thiophene rings is 1. The van der Waals surface area contributed by atoms with Crippen molar-refractivity contribution in [3.8, 4) is 5.75 Å². The summed E-state index contributed by atoms with van der Waals surface area (Å²) in [6.07, 6.45) is 5.47. The van der Waals surface area contributed by atoms with Gasteiger partial charge in [0.1, 0.15) is 5.75 Å². The molecule has 1 fully saturated rings. The minimum absolute atomic E-state index is 0.479. The van der Waals surface area contributed by atoms with Gasteiger partial charge in [0.05, 0.1) is 12.0 Å². The van der Waals surface area contributed by atoms with E-state index in [1.807, 2.05) is 11.3 Å². The largest absolute Gasteiger partial charge is 0.496 e. The highest BCUT2D eigenvalue weighted by Gasteiger charge is 2.29. The van der Waals surface area contributed by atoms with Crippen LogP contribution in [-0.2, 0) is 0 Å². The van der Waals surface area contributed by atoms with Crippen molar-refractivity contribution in [1.29, 1.82) is 0 Å². The zero-order valence-electron chi connectivity index (χ0n) is 11.7. The molecule has 3 unspecified atom stereocenters. The molecule has 1 aliphatic carbocycles. The van der Waals surface area contributed by atoms with Crippen LogP contribution in [0.2, 0.25) is 0 Å². The van der Waals surface area contributed by atoms with Crippen LogP contribution in [0.25, 0.3) is 0 Å². The molecule has 1 saturated carbocycles. The van der Waals surface area contributed by atoms with E-state index in [1.54, 1.807) is 7.11 Å². The Labute approximate surface area is 115 Å². The van der Waals surface area contributed by atoms with Crippen molar-refractivity contribution in [3.63, 3.8) is 0 Å². The van der Waals surface area contributed by atoms with Gasteiger partial charge in [0, 0.05) is 6.04 Å². The summed E-state index contributed by atoms with van der Waals surface area (Å²) in [5.41, 5.74) is 0. The first-order chi connectivity index (χ1) is 8.76. The fourth-order valence-electron chi connectivity index (χ4n) is 3.18. The molecule has 0 spiro atoms. The maximum atomic E-state index is 5.50. The molecule has 1 aliphatic rings. The second-order valence-electron chi connectivity index (χ2n) is 5.42. The van der Waals surface area contributed by atoms with Gasteiger partial charge in [-0.15, -0.1) is 11.3 Å². The summed E-state index contributed by atoms with van der Waals surface area (Å²) in [5.74, 6) is 2.70. The van der Waals surface area contributed by atoms with Gasteiger partial charge in [0.2, 0.25) is 0 Å². The molecular formula is C15H25NOS. The fraction of sp³-hybridized carbons (Fsp3) is 0.733. The molecular weight excluding hydrogens is 242 g/mol. The Kier molecular flexibility index (Phi) is 5.07. The number of methoxy groups -OCH3 is 1. The second kappa shape index (κ2) is 6.58. The maximum absolute atomic E-state index is 5.50. The molecule has 1 N–H and O–H groups in total. The molecule has 0 bridgehead atoms. The second-order valence-corrected chi connectivity index (χ2v) is 6.37. The lowest BCUT2D eigenvalue weighted by Crippen LogP contribution is -2.30. The zero-order chi connectivity index (χ0) is 13.0. The van der Waals surface area contributed by atoms with Gasteiger partial charge in [0.25, 0.3) is 0 Å². The van der Waals surface area contributed by atoms with Crippen LogP contribution in [-0.4, -0.2) is 13.7 Å². The van der Waals surface area contributed by atoms with Crippen LogP contribution >= 0.6 is 11.3 Å². The summed E-state index contributed by atoms with van der Waals surface area (Å²) in [6.45, 7) is 5.61. The summed E-state index contributed by atoms with van der Waals surface area (Å²) in [6, 6.07) is 2.57. The average Bonchev–Trinajstić information content (AvgIpc) is 2.84. The average molecular weight is 267 g/mol. The lowest BCUT2D eigenvalue weighted by molar-refractivity contribution is 0.224. The van der Waals surface area contributed by atoms with Gasteiger partial charge >= 0.3 is 0 Å². The molecule has 0 saturated heterocycles. The Bertz CT molecular complexity index is 363. The third-order valence-electron chi connectivity index (χ3n) is 4.03. The van der Waals surface area contributed by atoms with E-state index in [2.05, 4.69) is 30.6 Å². The highest BCUT2D eigenvalue weighted by atomic mass is 32.1. The van der Waals surface area contributed by atoms with Crippen LogP contribution in [0.4, 0.5) is 0 Å². The molecule has 18 heavy (non-hydrogen) atoms. The van der Waals surface area contributed by atoms with Crippen molar-refractivity contribution in [2.75, 3.05) is 13.7 Å². The van der Waals surface area contributed by atoms with Gasteiger partial charge in [-0.25, -0.2) is 0 Å². The van der Waals surface area contributed by atoms with Crippen LogP contribution in [0.15, 0.2) is 11.4 Å². The number of hydrogen-bond acceptors (Lipinski definition) is 3. The lowest BCUT2D eigenvalue weighted by Gasteiger charge is -2.33. The zero-order valence-corrected chi connectivity index (χ0v) is 12.6. The van der Waals surface area contributed by atoms with Crippen LogP contribution in [0.1, 0.15) is 50.4 Å². The number of nitrogens with one attached hydrogen (secondary N) is 1. The predicted molar refractivity (Wildman–Crippen MR) is 78.4 cm³/mol. The standard InChI is InChI=1S/C15H25NOS/c1-4-16-14(12-7-5-6-11(2)10-12)15-13(17-3)8-9-18-15/h8-9,11-12,14,16H,4-7,10H2,1-3H3. The molecule has 3 heteroatoms. The predicted octanol–water partition coefficient (Wildman–Crippen LogP) is 4.23. The van der Waals surface area contributed by atoms with Gasteiger partial charge in [-0.2, -0.15) is 0 Å². The van der Waals surface area contributed by atoms with Crippen molar-refractivity contribution in [2.24, 2.45) is 11.8 Å². The first kappa shape index (κ1) is 13.9. The Hall–Kier alpha value is -0.540. The van der Waals surface area contributed by atoms with Gasteiger partial charge in [-0.1, -0.05) is 26.7 Å². The minimum Gasteiger partial charge on any atom is -0.496 e. The van der Waals surface area contributed by atoms with E-state index >= 15 is 0 Å². The quantitative estimate of drug-likeness (QED) is 0.862. The van der Waals surface area contributed by atoms with Gasteiger partial charge in [-0.3, -0.25) is 0 Å². The molecule has 0 aromatic carbocycles. The van der Waals surface area contributed by atoms with Crippen LogP contribution in [0.5, 0.6) is 5.75 Å². The third kappa shape index (κ3) is 3.07. The maximum Gasteiger partial charge on any atom is 0.134 e. The van der Waals surface area contributed by atoms with Gasteiger partial charge in [-0.05, 0) is 42.7 Å². The van der Waals surface area contributed by atoms with Crippen molar-refractivity contribution in [3.05, 3.63) is 16.3 Å². The monoisotopic (exact) mass is 267 g/mol. The van der Waals surface area contributed by atoms with E-state index in [0.29, 0.717) is 6.04 Å². The van der Waals surface area contributed by atoms with E-state index in [-0.39, 0.29) is 0 Å². The van der Waals surface area contributed by atoms with E-state index in [1.165, 1.54) is 30.6 Å². The van der Waals surface area contributed by atoms with E-state index < -0.39 is 0 Å². The van der Waals surface area contributed by atoms with Crippen LogP contribution in [0, 0.1) is 11.8 Å². The van der Waals surface area contributed by atoms with Crippen molar-refractivity contribution < 1.29 is 4.74 Å². The summed E-state index contributed by atoms with van der Waals surface area (Å²) >= 11 is 1.83. The normalized spacial score (nSPS) is 25.9. The summed E-state index contributed by atoms with van der Waals surface area (Å²) < 4.78 is 5.50. The molecule has 1 heterocycles. The number of ether oxygens (including phenoxy) is 1. The van der Waals surface area contributed by atoms with E-state index in [0.717, 1.165) is 24.1 Å². The highest BCUT2D eigenvalue weighted by molar-refractivity contribution is 7.10. The molecule has 2 nitrogen and oxygen atoms in total. The van der Waals surface area contributed by atoms with Crippen LogP contribution < -0.4 is 10.1 Å². The van der Waals surface area contributed by atoms with Crippen molar-refractivity contribution in [2.45, 2.75) is 45.6 Å². The van der Waals surface area contributed by atoms with Crippen LogP contribution in [0.3, 0.4) is 0 Å². The first-order valence-electron chi connectivity index (χ1n) is 7.11. The Morgan fingerprint density at radius 1 is 1.50 bits per heavy atom. The van der Waals surface area contributed by atoms with Gasteiger partial charge < -0.3 is 10.1 Å². The molecule has 0 radical (unpaired) electrons. The third-order valence-corrected chi connectivity index (χ3v) is 5.01. The molecule has 1 aromatic heterocycles. The van der Waals surface area contributed by atoms with E-state index in [4.69, 9.17) is 4.74 Å². The SMILES string of the molecule is CCNC(c1sccc1OC)C1CCCC(C)C1. The minimum atomic E-state index is 0.479. The Morgan fingerprint density at radius 2 is 2.33 bits per heavy atom. The van der Waals surface area contributed by atoms with E-state index in [9.17, 15) is 0 Å². The summed E-state index contributed by atoms with van der Waals surface area (Å²) in [4.78, 5) is 1.39. The van der Waals surface area contributed by atoms with Crippen molar-refractivity contribution >= 4 is 11.3 Å². The lowest BCUT2D eigenvalue weighted by atomic mass is 9.78. The smallest absolute Gasteiger partial charge is 0.134 e. The fourth-order valence-corrected chi connectivity index (χ4v) is 4.21. The molecule has 1 aromatic rings. The Morgan fingerprint density at radius 3 is 3.00 bits per heavy atom. The number of rotatable bonds is 5. The summed E-state index contributed by atoms with van der Waals surface area (Å²) in [5, 5.41) is 5.82. The Balaban J connectivity index is 2.16. The van der Waals surface area contributed by atoms with Gasteiger partial charge in [0.15, 0.2) is 0 Å². The molecule has 2 rings (SSSR count). The summed E-state index contributed by atoms with van der Waals surface area (Å²) in [7, 11) is 1.78. The number of hydrogen-bond donors (Lipinski definition) is 1. The molecule has 3 atom stereocenters. The van der Waals surface area contributed by atoms with Crippen molar-refractivity contribution in [1.82, 2.24) is 5.32 Å². The topological polar surface area (TPSA) is 21.3 Å². The molecule has 0 amide bonds. The molecule has 102 valence electrons. The highest BCUT2D eigenvalue weighted by Crippen LogP contribution is 2.41.